The van der Waals surface area contributed by atoms with Crippen molar-refractivity contribution < 1.29 is 0 Å². The van der Waals surface area contributed by atoms with Crippen LogP contribution in [0.3, 0.4) is 0 Å². The normalized spacial score (nSPS) is 11.5. The monoisotopic (exact) mass is 1530 g/mol. The average Bonchev–Trinajstić information content (AvgIpc) is 1.28. The lowest BCUT2D eigenvalue weighted by atomic mass is 10.0. The summed E-state index contributed by atoms with van der Waals surface area (Å²) in [6, 6.07) is 166. The maximum absolute atomic E-state index is 5.67. The van der Waals surface area contributed by atoms with Crippen molar-refractivity contribution in [1.82, 2.24) is 23.7 Å². The number of nitrogens with zero attached hydrogens (tertiary/aromatic N) is 8. The van der Waals surface area contributed by atoms with Crippen molar-refractivity contribution >= 4 is 117 Å². The van der Waals surface area contributed by atoms with Crippen molar-refractivity contribution in [1.29, 1.82) is 0 Å². The Labute approximate surface area is 695 Å². The van der Waals surface area contributed by atoms with Gasteiger partial charge >= 0.3 is 0 Å². The molecule has 22 rings (SSSR count). The minimum absolute atomic E-state index is 0.586. The van der Waals surface area contributed by atoms with Crippen LogP contribution in [0.5, 0.6) is 0 Å². The molecule has 120 heavy (non-hydrogen) atoms. The predicted octanol–water partition coefficient (Wildman–Crippen LogP) is 30.2. The molecule has 18 aromatic carbocycles. The number of hydrogen-bond acceptors (Lipinski definition) is 5. The van der Waals surface area contributed by atoms with E-state index in [0.717, 1.165) is 135 Å². The fraction of sp³-hybridized carbons (Fsp3) is 0. The summed E-state index contributed by atoms with van der Waals surface area (Å²) < 4.78 is 7.15. The average molecular weight is 1530 g/mol. The van der Waals surface area contributed by atoms with E-state index >= 15 is 0 Å². The SMILES string of the molecule is c1ccc(N(c2ccc(-c3ccc4c5ccccc5n(-c5ccccc5)c4c3)cc2)c2cccc(-c3cc(-c4cccc(N(c5ccccc5)c5ccc(-c6ccc7c8ccccc8n(-c8ccccc8)c7c6)cc5)c4)nc(-c4cccc(N(c5ccccc5)c5ccc(-c6ccc7c8ccccc8n(-c8ccccc8)c7c6)cc5)c4)n3)c2)cc1. The highest BCUT2D eigenvalue weighted by molar-refractivity contribution is 6.13. The summed E-state index contributed by atoms with van der Waals surface area (Å²) >= 11 is 0. The van der Waals surface area contributed by atoms with Gasteiger partial charge in [-0.25, -0.2) is 9.97 Å². The Kier molecular flexibility index (Phi) is 17.8. The van der Waals surface area contributed by atoms with Gasteiger partial charge in [0.15, 0.2) is 5.82 Å². The zero-order valence-electron chi connectivity index (χ0n) is 65.5. The maximum Gasteiger partial charge on any atom is 0.160 e. The molecule has 0 radical (unpaired) electrons. The molecule has 0 amide bonds. The second kappa shape index (κ2) is 30.2. The summed E-state index contributed by atoms with van der Waals surface area (Å²) in [6.45, 7) is 0. The Balaban J connectivity index is 0.650. The number of fused-ring (bicyclic) bond motifs is 9. The molecule has 0 unspecified atom stereocenters. The molecule has 0 saturated heterocycles. The van der Waals surface area contributed by atoms with Gasteiger partial charge in [0.25, 0.3) is 0 Å². The molecule has 0 N–H and O–H groups in total. The third kappa shape index (κ3) is 12.9. The van der Waals surface area contributed by atoms with Crippen molar-refractivity contribution in [3.05, 3.63) is 461 Å². The van der Waals surface area contributed by atoms with Gasteiger partial charge in [-0.15, -0.1) is 0 Å². The highest BCUT2D eigenvalue weighted by Gasteiger charge is 2.24. The summed E-state index contributed by atoms with van der Waals surface area (Å²) in [5.74, 6) is 0.586. The maximum atomic E-state index is 5.67. The molecular formula is C112H76N8. The lowest BCUT2D eigenvalue weighted by molar-refractivity contribution is 1.18. The van der Waals surface area contributed by atoms with Crippen LogP contribution in [0.15, 0.2) is 461 Å². The lowest BCUT2D eigenvalue weighted by Crippen LogP contribution is -2.10. The van der Waals surface area contributed by atoms with Crippen LogP contribution in [0.2, 0.25) is 0 Å². The van der Waals surface area contributed by atoms with Crippen LogP contribution in [0, 0.1) is 0 Å². The van der Waals surface area contributed by atoms with Gasteiger partial charge in [-0.1, -0.05) is 273 Å². The molecule has 0 spiro atoms. The lowest BCUT2D eigenvalue weighted by Gasteiger charge is -2.26. The number of hydrogen-bond donors (Lipinski definition) is 0. The topological polar surface area (TPSA) is 50.3 Å². The van der Waals surface area contributed by atoms with Gasteiger partial charge in [-0.05, 0) is 221 Å². The van der Waals surface area contributed by atoms with Crippen LogP contribution in [0.25, 0.3) is 150 Å². The number of para-hydroxylation sites is 9. The molecule has 0 aliphatic carbocycles. The van der Waals surface area contributed by atoms with Crippen molar-refractivity contribution in [2.75, 3.05) is 14.7 Å². The van der Waals surface area contributed by atoms with Gasteiger partial charge in [0, 0.05) is 117 Å². The molecule has 0 aliphatic heterocycles. The zero-order valence-corrected chi connectivity index (χ0v) is 65.5. The van der Waals surface area contributed by atoms with E-state index in [-0.39, 0.29) is 0 Å². The molecule has 0 aliphatic rings. The number of anilines is 9. The first kappa shape index (κ1) is 70.5. The highest BCUT2D eigenvalue weighted by atomic mass is 15.2. The van der Waals surface area contributed by atoms with Crippen molar-refractivity contribution in [3.8, 4) is 84.3 Å². The molecule has 22 aromatic rings. The number of benzene rings is 18. The number of rotatable bonds is 18. The molecule has 0 saturated carbocycles. The summed E-state index contributed by atoms with van der Waals surface area (Å²) in [6.07, 6.45) is 0. The summed E-state index contributed by atoms with van der Waals surface area (Å²) in [7, 11) is 0. The van der Waals surface area contributed by atoms with Gasteiger partial charge in [-0.2, -0.15) is 0 Å². The van der Waals surface area contributed by atoms with Crippen molar-refractivity contribution in [2.24, 2.45) is 0 Å². The Bertz CT molecular complexity index is 6820. The molecule has 0 bridgehead atoms. The van der Waals surface area contributed by atoms with Crippen LogP contribution in [-0.2, 0) is 0 Å². The van der Waals surface area contributed by atoms with Crippen LogP contribution in [0.1, 0.15) is 0 Å². The second-order valence-corrected chi connectivity index (χ2v) is 30.5. The number of aromatic nitrogens is 5. The fourth-order valence-electron chi connectivity index (χ4n) is 17.8. The molecule has 4 heterocycles. The van der Waals surface area contributed by atoms with E-state index in [0.29, 0.717) is 5.82 Å². The predicted molar refractivity (Wildman–Crippen MR) is 502 cm³/mol. The van der Waals surface area contributed by atoms with Gasteiger partial charge < -0.3 is 28.4 Å². The smallest absolute Gasteiger partial charge is 0.160 e. The minimum Gasteiger partial charge on any atom is -0.310 e. The van der Waals surface area contributed by atoms with Crippen molar-refractivity contribution in [2.45, 2.75) is 0 Å². The van der Waals surface area contributed by atoms with Crippen LogP contribution < -0.4 is 14.7 Å². The third-order valence-electron chi connectivity index (χ3n) is 23.4. The molecule has 0 atom stereocenters. The summed E-state index contributed by atoms with van der Waals surface area (Å²) in [5, 5.41) is 7.36. The summed E-state index contributed by atoms with van der Waals surface area (Å²) in [4.78, 5) is 18.3. The molecule has 564 valence electrons. The summed E-state index contributed by atoms with van der Waals surface area (Å²) in [5.41, 5.74) is 30.5. The largest absolute Gasteiger partial charge is 0.310 e. The Hall–Kier alpha value is -16.2. The zero-order chi connectivity index (χ0) is 79.4. The van der Waals surface area contributed by atoms with E-state index in [9.17, 15) is 0 Å². The van der Waals surface area contributed by atoms with E-state index in [1.165, 1.54) is 59.9 Å². The van der Waals surface area contributed by atoms with E-state index < -0.39 is 0 Å². The Morgan fingerprint density at radius 3 is 0.708 bits per heavy atom. The minimum atomic E-state index is 0.586. The molecule has 0 fully saturated rings. The van der Waals surface area contributed by atoms with Crippen LogP contribution in [0.4, 0.5) is 51.2 Å². The third-order valence-corrected chi connectivity index (χ3v) is 23.4. The van der Waals surface area contributed by atoms with Gasteiger partial charge in [0.05, 0.1) is 44.5 Å². The second-order valence-electron chi connectivity index (χ2n) is 30.5. The molecule has 8 heteroatoms. The molecular weight excluding hydrogens is 1460 g/mol. The van der Waals surface area contributed by atoms with Gasteiger partial charge in [0.1, 0.15) is 0 Å². The van der Waals surface area contributed by atoms with E-state index in [1.807, 2.05) is 0 Å². The van der Waals surface area contributed by atoms with Gasteiger partial charge in [0.2, 0.25) is 0 Å². The first-order valence-electron chi connectivity index (χ1n) is 40.8. The first-order chi connectivity index (χ1) is 59.5. The van der Waals surface area contributed by atoms with Crippen LogP contribution >= 0.6 is 0 Å². The Morgan fingerprint density at radius 2 is 0.392 bits per heavy atom. The Morgan fingerprint density at radius 1 is 0.150 bits per heavy atom. The van der Waals surface area contributed by atoms with Gasteiger partial charge in [-0.3, -0.25) is 0 Å². The van der Waals surface area contributed by atoms with E-state index in [1.54, 1.807) is 0 Å². The van der Waals surface area contributed by atoms with E-state index in [2.05, 4.69) is 489 Å². The van der Waals surface area contributed by atoms with E-state index in [4.69, 9.17) is 9.97 Å². The van der Waals surface area contributed by atoms with Crippen LogP contribution in [-0.4, -0.2) is 23.7 Å². The molecule has 8 nitrogen and oxygen atoms in total. The first-order valence-corrected chi connectivity index (χ1v) is 40.8. The quantitative estimate of drug-likeness (QED) is 0.0857. The standard InChI is InChI=1S/C112H76N8/c1-7-31-86(32-8-1)115(92-61-52-77(53-62-92)80-58-67-101-98-46-19-22-49-106(98)118(109(101)73-80)89-37-13-4-14-38-89)95-43-25-28-83(70-95)104-76-105(84-29-26-44-96(71-84)116(87-33-9-2-10-34-87)93-63-54-78(55-64-93)81-59-68-102-99-47-20-23-50-107(99)119(110(102)74-81)90-39-15-5-16-40-90)114-112(113-104)85-30-27-45-97(72-85)117(88-35-11-3-12-36-88)94-65-56-79(57-66-94)82-60-69-103-100-48-21-24-51-108(100)120(111(103)75-82)91-41-17-6-18-42-91/h1-76H. The molecule has 4 aromatic heterocycles. The van der Waals surface area contributed by atoms with Crippen molar-refractivity contribution in [3.63, 3.8) is 0 Å². The fourth-order valence-corrected chi connectivity index (χ4v) is 17.8. The highest BCUT2D eigenvalue weighted by Crippen LogP contribution is 2.46.